The van der Waals surface area contributed by atoms with E-state index in [0.717, 1.165) is 67.2 Å². The molecule has 9 nitrogen and oxygen atoms in total. The van der Waals surface area contributed by atoms with Gasteiger partial charge in [0.25, 0.3) is 11.1 Å². The van der Waals surface area contributed by atoms with Crippen molar-refractivity contribution in [2.24, 2.45) is 10.8 Å². The highest BCUT2D eigenvalue weighted by Gasteiger charge is 2.51. The lowest BCUT2D eigenvalue weighted by atomic mass is 9.61. The minimum atomic E-state index is -0.773. The number of ether oxygens (including phenoxy) is 1. The van der Waals surface area contributed by atoms with Crippen LogP contribution < -0.4 is 11.1 Å². The van der Waals surface area contributed by atoms with E-state index in [9.17, 15) is 19.2 Å². The smallest absolute Gasteiger partial charge is 0.312 e. The molecule has 0 atom stereocenters. The van der Waals surface area contributed by atoms with Crippen LogP contribution in [0.5, 0.6) is 0 Å². The van der Waals surface area contributed by atoms with E-state index in [1.54, 1.807) is 13.0 Å². The quantitative estimate of drug-likeness (QED) is 0.162. The number of hydrogen-bond acceptors (Lipinski definition) is 7. The van der Waals surface area contributed by atoms with Gasteiger partial charge in [-0.2, -0.15) is 0 Å². The third kappa shape index (κ3) is 6.24. The van der Waals surface area contributed by atoms with Crippen molar-refractivity contribution in [2.75, 3.05) is 0 Å². The number of esters is 1. The van der Waals surface area contributed by atoms with Crippen molar-refractivity contribution in [3.05, 3.63) is 121 Å². The number of aromatic nitrogens is 4. The molecule has 0 amide bonds. The Labute approximate surface area is 396 Å². The monoisotopic (exact) mass is 903 g/mol. The molecule has 0 saturated carbocycles. The first kappa shape index (κ1) is 47.8. The third-order valence-electron chi connectivity index (χ3n) is 18.6. The zero-order valence-electron chi connectivity index (χ0n) is 44.0. The highest BCUT2D eigenvalue weighted by molar-refractivity contribution is 5.96. The Balaban J connectivity index is 0.000000182. The fraction of sp³-hybridized carbons (Fsp3) is 0.483. The molecule has 7 heterocycles. The van der Waals surface area contributed by atoms with Gasteiger partial charge in [0, 0.05) is 44.2 Å². The van der Waals surface area contributed by atoms with Crippen LogP contribution in [0.25, 0.3) is 44.6 Å². The highest BCUT2D eigenvalue weighted by Crippen LogP contribution is 2.50. The summed E-state index contributed by atoms with van der Waals surface area (Å²) in [6.07, 6.45) is 0. The first-order chi connectivity index (χ1) is 30.9. The molecule has 0 bridgehead atoms. The molecule has 2 aromatic carbocycles. The lowest BCUT2D eigenvalue weighted by Crippen LogP contribution is -2.43. The molecule has 3 aliphatic heterocycles. The second-order valence-corrected chi connectivity index (χ2v) is 22.4. The summed E-state index contributed by atoms with van der Waals surface area (Å²) in [5.41, 5.74) is 22.3. The van der Waals surface area contributed by atoms with Crippen LogP contribution in [0.2, 0.25) is 0 Å². The number of cyclic esters (lactones) is 1. The van der Waals surface area contributed by atoms with Crippen molar-refractivity contribution in [3.8, 4) is 22.8 Å². The molecule has 3 aliphatic rings. The Morgan fingerprint density at radius 2 is 1.00 bits per heavy atom. The van der Waals surface area contributed by atoms with Gasteiger partial charge in [0.2, 0.25) is 0 Å². The van der Waals surface area contributed by atoms with Crippen LogP contribution in [0.3, 0.4) is 0 Å². The van der Waals surface area contributed by atoms with Crippen molar-refractivity contribution >= 4 is 33.6 Å². The normalized spacial score (nSPS) is 15.6. The molecule has 0 unspecified atom stereocenters. The minimum absolute atomic E-state index is 0.0162. The van der Waals surface area contributed by atoms with Crippen LogP contribution in [0, 0.1) is 93.9 Å². The molecular formula is C58H70N4O5. The van der Waals surface area contributed by atoms with Crippen molar-refractivity contribution < 1.29 is 14.3 Å². The predicted molar refractivity (Wildman–Crippen MR) is 272 cm³/mol. The van der Waals surface area contributed by atoms with Crippen molar-refractivity contribution in [2.45, 2.75) is 176 Å². The fourth-order valence-corrected chi connectivity index (χ4v) is 11.8. The molecule has 4 aromatic heterocycles. The number of rotatable bonds is 3. The second kappa shape index (κ2) is 15.2. The SMILES string of the molecule is CC(=O)C(C)(C)C(C)(C)c1cc(=O)n2c(c1C)-c1nc3c(C)c(C)c(C)c(C)c3c(C)c1C2.Cc1c(C)c(C)c2c(C)c3c(nc2c1C)-c1c(C)c2c(c(=O)n1C3)COC(=O)C(C)(C)C2(C)C. The van der Waals surface area contributed by atoms with Crippen LogP contribution in [-0.2, 0) is 44.9 Å². The zero-order valence-corrected chi connectivity index (χ0v) is 44.0. The van der Waals surface area contributed by atoms with E-state index in [1.165, 1.54) is 66.4 Å². The van der Waals surface area contributed by atoms with Crippen molar-refractivity contribution in [3.63, 3.8) is 0 Å². The average Bonchev–Trinajstić information content (AvgIpc) is 3.84. The largest absolute Gasteiger partial charge is 0.460 e. The standard InChI is InChI=1S/C29H34N2O3.C29H36N2O2/c1-13-14(2)16(4)23-21(15(13)3)17(5)19-11-31-25(24(19)30-23)18(6)22-20(26(31)32)12-34-27(33)29(9,10)28(22,7)8;1-14-15(2)17(4)25-24(16(14)3)18(5)21-13-31-23(33)12-22(19(6)27(31)26(21)30-25)29(10,11)28(8,9)20(7)32/h11-12H2,1-10H3;12H,13H2,1-11H3. The van der Waals surface area contributed by atoms with Crippen molar-refractivity contribution in [1.29, 1.82) is 0 Å². The number of aryl methyl sites for hydroxylation is 6. The van der Waals surface area contributed by atoms with E-state index < -0.39 is 21.7 Å². The number of Topliss-reactive ketones (excluding diaryl/α,β-unsaturated/α-hetero) is 1. The molecule has 0 saturated heterocycles. The molecule has 0 aliphatic carbocycles. The average molecular weight is 903 g/mol. The lowest BCUT2D eigenvalue weighted by molar-refractivity contribution is -0.157. The molecule has 0 N–H and O–H groups in total. The van der Waals surface area contributed by atoms with Gasteiger partial charge in [-0.25, -0.2) is 9.97 Å². The Morgan fingerprint density at radius 3 is 1.46 bits per heavy atom. The molecule has 9 heteroatoms. The van der Waals surface area contributed by atoms with E-state index in [0.29, 0.717) is 18.7 Å². The molecule has 6 aromatic rings. The summed E-state index contributed by atoms with van der Waals surface area (Å²) in [5.74, 6) is -0.153. The number of fused-ring (bicyclic) bond motifs is 9. The van der Waals surface area contributed by atoms with Crippen molar-refractivity contribution in [1.82, 2.24) is 19.1 Å². The van der Waals surface area contributed by atoms with Crippen LogP contribution in [0.4, 0.5) is 0 Å². The minimum Gasteiger partial charge on any atom is -0.460 e. The number of hydrogen-bond donors (Lipinski definition) is 0. The topological polar surface area (TPSA) is 113 Å². The second-order valence-electron chi connectivity index (χ2n) is 22.4. The molecule has 0 spiro atoms. The maximum Gasteiger partial charge on any atom is 0.312 e. The van der Waals surface area contributed by atoms with Gasteiger partial charge in [-0.3, -0.25) is 19.2 Å². The van der Waals surface area contributed by atoms with Crippen LogP contribution in [0.1, 0.15) is 157 Å². The summed E-state index contributed by atoms with van der Waals surface area (Å²) in [5, 5.41) is 2.42. The Kier molecular flexibility index (Phi) is 10.8. The van der Waals surface area contributed by atoms with E-state index >= 15 is 0 Å². The number of carbonyl (C=O) groups excluding carboxylic acids is 2. The van der Waals surface area contributed by atoms with Gasteiger partial charge in [0.15, 0.2) is 0 Å². The first-order valence-corrected chi connectivity index (χ1v) is 23.9. The Morgan fingerprint density at radius 1 is 0.567 bits per heavy atom. The Bertz CT molecular complexity index is 3410. The van der Waals surface area contributed by atoms with E-state index in [2.05, 4.69) is 111 Å². The lowest BCUT2D eigenvalue weighted by Gasteiger charge is -2.41. The number of pyridine rings is 4. The summed E-state index contributed by atoms with van der Waals surface area (Å²) < 4.78 is 9.35. The molecular weight excluding hydrogens is 833 g/mol. The summed E-state index contributed by atoms with van der Waals surface area (Å²) in [4.78, 5) is 63.1. The number of benzene rings is 2. The van der Waals surface area contributed by atoms with Crippen LogP contribution >= 0.6 is 0 Å². The number of ketones is 1. The van der Waals surface area contributed by atoms with Gasteiger partial charge in [0.1, 0.15) is 12.4 Å². The Hall–Kier alpha value is -5.70. The molecule has 0 fully saturated rings. The van der Waals surface area contributed by atoms with E-state index in [4.69, 9.17) is 14.7 Å². The number of nitrogens with zero attached hydrogens (tertiary/aromatic N) is 4. The maximum absolute atomic E-state index is 13.9. The zero-order chi connectivity index (χ0) is 49.8. The summed E-state index contributed by atoms with van der Waals surface area (Å²) in [6, 6.07) is 1.75. The van der Waals surface area contributed by atoms with Gasteiger partial charge in [0.05, 0.1) is 57.9 Å². The molecule has 352 valence electrons. The van der Waals surface area contributed by atoms with Gasteiger partial charge < -0.3 is 13.9 Å². The highest BCUT2D eigenvalue weighted by atomic mass is 16.5. The van der Waals surface area contributed by atoms with Gasteiger partial charge in [-0.1, -0.05) is 41.5 Å². The van der Waals surface area contributed by atoms with Gasteiger partial charge >= 0.3 is 5.97 Å². The summed E-state index contributed by atoms with van der Waals surface area (Å²) >= 11 is 0. The predicted octanol–water partition coefficient (Wildman–Crippen LogP) is 11.8. The van der Waals surface area contributed by atoms with Crippen LogP contribution in [0.15, 0.2) is 15.7 Å². The maximum atomic E-state index is 13.9. The molecule has 67 heavy (non-hydrogen) atoms. The molecule has 9 rings (SSSR count). The molecule has 0 radical (unpaired) electrons. The summed E-state index contributed by atoms with van der Waals surface area (Å²) in [6.45, 7) is 44.5. The third-order valence-corrected chi connectivity index (χ3v) is 18.6. The van der Waals surface area contributed by atoms with E-state index in [1.807, 2.05) is 36.8 Å². The van der Waals surface area contributed by atoms with Gasteiger partial charge in [-0.05, 0) is 182 Å². The first-order valence-electron chi connectivity index (χ1n) is 23.9. The van der Waals surface area contributed by atoms with E-state index in [-0.39, 0.29) is 29.5 Å². The number of carbonyl (C=O) groups is 2. The summed E-state index contributed by atoms with van der Waals surface area (Å²) in [7, 11) is 0. The fourth-order valence-electron chi connectivity index (χ4n) is 11.8. The van der Waals surface area contributed by atoms with Gasteiger partial charge in [-0.15, -0.1) is 0 Å². The van der Waals surface area contributed by atoms with Crippen LogP contribution in [-0.4, -0.2) is 30.9 Å².